The van der Waals surface area contributed by atoms with Crippen LogP contribution < -0.4 is 0 Å². The highest BCUT2D eigenvalue weighted by atomic mass is 32.2. The average molecular weight is 529 g/mol. The van der Waals surface area contributed by atoms with Crippen LogP contribution in [0.4, 0.5) is 26.3 Å². The second kappa shape index (κ2) is 8.74. The third kappa shape index (κ3) is 5.57. The molecule has 190 valence electrons. The SMILES string of the molecule is CC(C)(C)c1ccc(C(F)(F)c2ccc(C(C)(C)C)c(SC(F)(F)C(F)(F)S(=O)(=O)O)c2)cc1. The van der Waals surface area contributed by atoms with Crippen molar-refractivity contribution in [2.75, 3.05) is 0 Å². The second-order valence-electron chi connectivity index (χ2n) is 9.97. The van der Waals surface area contributed by atoms with E-state index < -0.39 is 59.7 Å². The largest absolute Gasteiger partial charge is 0.442 e. The van der Waals surface area contributed by atoms with Gasteiger partial charge in [-0.3, -0.25) is 4.55 Å². The van der Waals surface area contributed by atoms with Gasteiger partial charge in [-0.15, -0.1) is 0 Å². The van der Waals surface area contributed by atoms with E-state index in [0.29, 0.717) is 6.07 Å². The summed E-state index contributed by atoms with van der Waals surface area (Å²) in [4.78, 5) is -0.663. The maximum atomic E-state index is 15.3. The van der Waals surface area contributed by atoms with E-state index in [-0.39, 0.29) is 11.0 Å². The van der Waals surface area contributed by atoms with E-state index >= 15 is 8.78 Å². The van der Waals surface area contributed by atoms with E-state index in [1.54, 1.807) is 20.8 Å². The van der Waals surface area contributed by atoms with E-state index in [1.807, 2.05) is 20.8 Å². The third-order valence-corrected chi connectivity index (χ3v) is 7.27. The lowest BCUT2D eigenvalue weighted by atomic mass is 9.84. The van der Waals surface area contributed by atoms with Crippen LogP contribution in [0.5, 0.6) is 0 Å². The predicted molar refractivity (Wildman–Crippen MR) is 121 cm³/mol. The molecular formula is C23H26F6O3S2. The van der Waals surface area contributed by atoms with E-state index in [1.165, 1.54) is 24.3 Å². The van der Waals surface area contributed by atoms with Gasteiger partial charge in [0.25, 0.3) is 5.92 Å². The molecule has 0 aliphatic heterocycles. The molecule has 0 atom stereocenters. The Labute approximate surface area is 199 Å². The van der Waals surface area contributed by atoms with Crippen LogP contribution in [0.25, 0.3) is 0 Å². The molecule has 34 heavy (non-hydrogen) atoms. The minimum absolute atomic E-state index is 0.0194. The Bertz CT molecular complexity index is 1150. The number of rotatable bonds is 6. The summed E-state index contributed by atoms with van der Waals surface area (Å²) >= 11 is -0.891. The number of benzene rings is 2. The molecule has 0 saturated heterocycles. The minimum atomic E-state index is -6.48. The molecule has 3 nitrogen and oxygen atoms in total. The Morgan fingerprint density at radius 2 is 1.15 bits per heavy atom. The summed E-state index contributed by atoms with van der Waals surface area (Å²) in [6.45, 7) is 10.4. The van der Waals surface area contributed by atoms with Crippen molar-refractivity contribution in [3.63, 3.8) is 0 Å². The average Bonchev–Trinajstić information content (AvgIpc) is 2.65. The van der Waals surface area contributed by atoms with Crippen molar-refractivity contribution in [2.45, 2.75) is 73.7 Å². The van der Waals surface area contributed by atoms with Crippen LogP contribution in [0.3, 0.4) is 0 Å². The summed E-state index contributed by atoms with van der Waals surface area (Å²) in [5.41, 5.74) is -1.60. The first-order valence-corrected chi connectivity index (χ1v) is 12.3. The van der Waals surface area contributed by atoms with Gasteiger partial charge in [0, 0.05) is 16.0 Å². The third-order valence-electron chi connectivity index (χ3n) is 5.17. The molecule has 0 amide bonds. The fourth-order valence-electron chi connectivity index (χ4n) is 3.12. The zero-order valence-corrected chi connectivity index (χ0v) is 21.0. The maximum Gasteiger partial charge on any atom is 0.442 e. The van der Waals surface area contributed by atoms with Gasteiger partial charge >= 0.3 is 20.6 Å². The summed E-state index contributed by atoms with van der Waals surface area (Å²) in [6, 6.07) is 8.22. The van der Waals surface area contributed by atoms with Gasteiger partial charge < -0.3 is 0 Å². The molecule has 0 fully saturated rings. The number of hydrogen-bond donors (Lipinski definition) is 1. The van der Waals surface area contributed by atoms with Crippen molar-refractivity contribution < 1.29 is 39.3 Å². The molecule has 0 aromatic heterocycles. The molecule has 0 saturated carbocycles. The fraction of sp³-hybridized carbons (Fsp3) is 0.478. The number of halogens is 6. The number of hydrogen-bond acceptors (Lipinski definition) is 3. The van der Waals surface area contributed by atoms with Crippen LogP contribution >= 0.6 is 11.8 Å². The molecule has 1 N–H and O–H groups in total. The van der Waals surface area contributed by atoms with Crippen LogP contribution in [-0.2, 0) is 26.9 Å². The highest BCUT2D eigenvalue weighted by Gasteiger charge is 2.66. The van der Waals surface area contributed by atoms with Gasteiger partial charge in [-0.05, 0) is 39.8 Å². The van der Waals surface area contributed by atoms with Gasteiger partial charge in [-0.25, -0.2) is 0 Å². The van der Waals surface area contributed by atoms with Crippen molar-refractivity contribution in [3.05, 3.63) is 64.7 Å². The molecule has 0 radical (unpaired) electrons. The molecule has 0 bridgehead atoms. The molecule has 11 heteroatoms. The molecule has 0 unspecified atom stereocenters. The first-order valence-electron chi connectivity index (χ1n) is 10.1. The lowest BCUT2D eigenvalue weighted by Gasteiger charge is -2.29. The van der Waals surface area contributed by atoms with Gasteiger partial charge in [0.2, 0.25) is 0 Å². The molecule has 0 spiro atoms. The van der Waals surface area contributed by atoms with Crippen molar-refractivity contribution in [1.82, 2.24) is 0 Å². The highest BCUT2D eigenvalue weighted by molar-refractivity contribution is 8.01. The minimum Gasteiger partial charge on any atom is -0.281 e. The van der Waals surface area contributed by atoms with Gasteiger partial charge in [-0.2, -0.15) is 34.8 Å². The van der Waals surface area contributed by atoms with Crippen LogP contribution in [-0.4, -0.2) is 23.5 Å². The van der Waals surface area contributed by atoms with Gasteiger partial charge in [0.15, 0.2) is 0 Å². The van der Waals surface area contributed by atoms with Crippen LogP contribution in [0, 0.1) is 0 Å². The molecule has 0 aliphatic carbocycles. The first-order chi connectivity index (χ1) is 15.0. The van der Waals surface area contributed by atoms with E-state index in [9.17, 15) is 26.0 Å². The monoisotopic (exact) mass is 528 g/mol. The van der Waals surface area contributed by atoms with Gasteiger partial charge in [0.1, 0.15) is 0 Å². The Kier molecular flexibility index (Phi) is 7.33. The first kappa shape index (κ1) is 28.5. The fourth-order valence-corrected chi connectivity index (χ4v) is 4.92. The quantitative estimate of drug-likeness (QED) is 0.239. The predicted octanol–water partition coefficient (Wildman–Crippen LogP) is 7.59. The maximum absolute atomic E-state index is 15.3. The van der Waals surface area contributed by atoms with Crippen molar-refractivity contribution in [1.29, 1.82) is 0 Å². The molecule has 0 heterocycles. The second-order valence-corrected chi connectivity index (χ2v) is 12.6. The lowest BCUT2D eigenvalue weighted by molar-refractivity contribution is -0.0946. The Morgan fingerprint density at radius 3 is 1.56 bits per heavy atom. The van der Waals surface area contributed by atoms with Gasteiger partial charge in [0.05, 0.1) is 0 Å². The van der Waals surface area contributed by atoms with Crippen molar-refractivity contribution in [3.8, 4) is 0 Å². The normalized spacial score (nSPS) is 14.4. The van der Waals surface area contributed by atoms with Crippen LogP contribution in [0.2, 0.25) is 0 Å². The number of thioether (sulfide) groups is 1. The van der Waals surface area contributed by atoms with Crippen molar-refractivity contribution >= 4 is 21.9 Å². The van der Waals surface area contributed by atoms with Crippen molar-refractivity contribution in [2.24, 2.45) is 0 Å². The lowest BCUT2D eigenvalue weighted by Crippen LogP contribution is -2.44. The Hall–Kier alpha value is -1.72. The summed E-state index contributed by atoms with van der Waals surface area (Å²) in [5, 5.41) is -11.2. The summed E-state index contributed by atoms with van der Waals surface area (Å²) in [6.07, 6.45) is 0. The topological polar surface area (TPSA) is 54.4 Å². The zero-order valence-electron chi connectivity index (χ0n) is 19.4. The van der Waals surface area contributed by atoms with E-state index in [4.69, 9.17) is 4.55 Å². The standard InChI is InChI=1S/C23H26F6O3S2/c1-19(2,3)14-7-9-15(10-8-14)21(24,25)16-11-12-17(20(4,5)6)18(13-16)33-22(26,27)23(28,29)34(30,31)32/h7-13H,1-6H3,(H,30,31,32). The molecule has 2 aromatic rings. The summed E-state index contributed by atoms with van der Waals surface area (Å²) in [5.74, 6) is -3.66. The van der Waals surface area contributed by atoms with E-state index in [2.05, 4.69) is 0 Å². The summed E-state index contributed by atoms with van der Waals surface area (Å²) in [7, 11) is -6.48. The Morgan fingerprint density at radius 1 is 0.706 bits per heavy atom. The smallest absolute Gasteiger partial charge is 0.281 e. The molecule has 2 rings (SSSR count). The Balaban J connectivity index is 2.62. The highest BCUT2D eigenvalue weighted by Crippen LogP contribution is 2.52. The molecular weight excluding hydrogens is 502 g/mol. The number of alkyl halides is 6. The molecule has 0 aliphatic rings. The van der Waals surface area contributed by atoms with Crippen LogP contribution in [0.15, 0.2) is 47.4 Å². The summed E-state index contributed by atoms with van der Waals surface area (Å²) < 4.78 is 117. The van der Waals surface area contributed by atoms with Gasteiger partial charge in [-0.1, -0.05) is 77.9 Å². The zero-order chi connectivity index (χ0) is 26.5. The van der Waals surface area contributed by atoms with E-state index in [0.717, 1.165) is 17.7 Å². The van der Waals surface area contributed by atoms with Crippen LogP contribution in [0.1, 0.15) is 63.8 Å². The molecule has 2 aromatic carbocycles.